The highest BCUT2D eigenvalue weighted by Gasteiger charge is 2.23. The van der Waals surface area contributed by atoms with Gasteiger partial charge in [0.1, 0.15) is 0 Å². The van der Waals surface area contributed by atoms with Crippen LogP contribution in [0.25, 0.3) is 10.8 Å². The lowest BCUT2D eigenvalue weighted by Gasteiger charge is -2.30. The van der Waals surface area contributed by atoms with E-state index in [0.29, 0.717) is 18.7 Å². The summed E-state index contributed by atoms with van der Waals surface area (Å²) in [6.07, 6.45) is 1.77. The van der Waals surface area contributed by atoms with Crippen molar-refractivity contribution in [2.45, 2.75) is 19.4 Å². The highest BCUT2D eigenvalue weighted by Crippen LogP contribution is 2.31. The number of anilines is 2. The average molecular weight is 436 g/mol. The van der Waals surface area contributed by atoms with Gasteiger partial charge < -0.3 is 15.5 Å². The number of rotatable bonds is 4. The molecule has 0 atom stereocenters. The Labute approximate surface area is 193 Å². The first-order valence-corrected chi connectivity index (χ1v) is 11.2. The molecule has 0 unspecified atom stereocenters. The number of carbonyl (C=O) groups excluding carboxylic acids is 2. The first-order chi connectivity index (χ1) is 16.2. The zero-order valence-corrected chi connectivity index (χ0v) is 18.3. The van der Waals surface area contributed by atoms with E-state index in [1.165, 1.54) is 0 Å². The lowest BCUT2D eigenvalue weighted by atomic mass is 10.00. The van der Waals surface area contributed by atoms with Crippen molar-refractivity contribution in [2.24, 2.45) is 0 Å². The maximum Gasteiger partial charge on any atom is 0.319 e. The maximum atomic E-state index is 13.0. The van der Waals surface area contributed by atoms with Gasteiger partial charge in [-0.2, -0.15) is 0 Å². The third-order valence-corrected chi connectivity index (χ3v) is 6.04. The first-order valence-electron chi connectivity index (χ1n) is 11.2. The molecule has 0 aliphatic carbocycles. The van der Waals surface area contributed by atoms with Crippen LogP contribution >= 0.6 is 0 Å². The van der Waals surface area contributed by atoms with Gasteiger partial charge in [0, 0.05) is 30.0 Å². The molecule has 2 N–H and O–H groups in total. The highest BCUT2D eigenvalue weighted by atomic mass is 16.2. The smallest absolute Gasteiger partial charge is 0.319 e. The van der Waals surface area contributed by atoms with E-state index >= 15 is 0 Å². The van der Waals surface area contributed by atoms with Crippen molar-refractivity contribution in [1.29, 1.82) is 0 Å². The van der Waals surface area contributed by atoms with Gasteiger partial charge in [-0.1, -0.05) is 60.7 Å². The predicted molar refractivity (Wildman–Crippen MR) is 133 cm³/mol. The van der Waals surface area contributed by atoms with Gasteiger partial charge in [0.25, 0.3) is 5.91 Å². The van der Waals surface area contributed by atoms with Crippen LogP contribution in [-0.4, -0.2) is 18.5 Å². The topological polar surface area (TPSA) is 61.4 Å². The molecule has 4 aromatic rings. The fourth-order valence-corrected chi connectivity index (χ4v) is 4.42. The second kappa shape index (κ2) is 9.17. The second-order valence-electron chi connectivity index (χ2n) is 8.22. The number of fused-ring (bicyclic) bond motifs is 2. The number of nitrogens with zero attached hydrogens (tertiary/aromatic N) is 1. The standard InChI is InChI=1S/C28H25N3O2/c32-27(21-9-2-1-3-10-21)31-17-7-13-22-18-24(15-16-26(22)31)30-28(33)29-19-23-12-6-11-20-8-4-5-14-25(20)23/h1-6,8-12,14-16,18H,7,13,17,19H2,(H2,29,30,33). The van der Waals surface area contributed by atoms with Crippen LogP contribution in [0.5, 0.6) is 0 Å². The van der Waals surface area contributed by atoms with Gasteiger partial charge in [-0.3, -0.25) is 4.79 Å². The average Bonchev–Trinajstić information content (AvgIpc) is 2.87. The summed E-state index contributed by atoms with van der Waals surface area (Å²) >= 11 is 0. The lowest BCUT2D eigenvalue weighted by molar-refractivity contribution is 0.0985. The molecular weight excluding hydrogens is 410 g/mol. The number of nitrogens with one attached hydrogen (secondary N) is 2. The van der Waals surface area contributed by atoms with Crippen molar-refractivity contribution in [2.75, 3.05) is 16.8 Å². The van der Waals surface area contributed by atoms with Crippen LogP contribution in [-0.2, 0) is 13.0 Å². The summed E-state index contributed by atoms with van der Waals surface area (Å²) in [6, 6.07) is 29.1. The van der Waals surface area contributed by atoms with Gasteiger partial charge >= 0.3 is 6.03 Å². The van der Waals surface area contributed by atoms with Crippen LogP contribution in [0.1, 0.15) is 27.9 Å². The molecule has 5 nitrogen and oxygen atoms in total. The van der Waals surface area contributed by atoms with Crippen molar-refractivity contribution in [3.8, 4) is 0 Å². The van der Waals surface area contributed by atoms with Crippen molar-refractivity contribution in [3.05, 3.63) is 108 Å². The van der Waals surface area contributed by atoms with E-state index < -0.39 is 0 Å². The number of urea groups is 1. The Morgan fingerprint density at radius 1 is 0.848 bits per heavy atom. The number of carbonyl (C=O) groups is 2. The van der Waals surface area contributed by atoms with Gasteiger partial charge in [-0.15, -0.1) is 0 Å². The van der Waals surface area contributed by atoms with Crippen LogP contribution in [0, 0.1) is 0 Å². The second-order valence-corrected chi connectivity index (χ2v) is 8.22. The quantitative estimate of drug-likeness (QED) is 0.428. The molecule has 0 spiro atoms. The summed E-state index contributed by atoms with van der Waals surface area (Å²) in [4.78, 5) is 27.4. The molecule has 0 radical (unpaired) electrons. The number of aryl methyl sites for hydroxylation is 1. The third kappa shape index (κ3) is 4.44. The monoisotopic (exact) mass is 435 g/mol. The number of hydrogen-bond acceptors (Lipinski definition) is 2. The van der Waals surface area contributed by atoms with E-state index in [-0.39, 0.29) is 11.9 Å². The van der Waals surface area contributed by atoms with Crippen molar-refractivity contribution in [1.82, 2.24) is 5.32 Å². The molecule has 0 aromatic heterocycles. The molecule has 0 saturated carbocycles. The van der Waals surface area contributed by atoms with Crippen LogP contribution in [0.3, 0.4) is 0 Å². The molecule has 1 aliphatic rings. The van der Waals surface area contributed by atoms with Gasteiger partial charge in [0.05, 0.1) is 0 Å². The third-order valence-electron chi connectivity index (χ3n) is 6.04. The van der Waals surface area contributed by atoms with Gasteiger partial charge in [0.15, 0.2) is 0 Å². The summed E-state index contributed by atoms with van der Waals surface area (Å²) < 4.78 is 0. The maximum absolute atomic E-state index is 13.0. The number of amides is 3. The number of hydrogen-bond donors (Lipinski definition) is 2. The Bertz CT molecular complexity index is 1310. The minimum atomic E-state index is -0.254. The molecule has 5 heteroatoms. The highest BCUT2D eigenvalue weighted by molar-refractivity contribution is 6.07. The fourth-order valence-electron chi connectivity index (χ4n) is 4.42. The lowest BCUT2D eigenvalue weighted by Crippen LogP contribution is -2.35. The zero-order chi connectivity index (χ0) is 22.6. The van der Waals surface area contributed by atoms with E-state index in [9.17, 15) is 9.59 Å². The van der Waals surface area contributed by atoms with Crippen LogP contribution in [0.4, 0.5) is 16.2 Å². The molecule has 1 aliphatic heterocycles. The number of benzene rings is 4. The molecule has 0 fully saturated rings. The van der Waals surface area contributed by atoms with Crippen LogP contribution < -0.4 is 15.5 Å². The Kier molecular flexibility index (Phi) is 5.77. The van der Waals surface area contributed by atoms with Crippen LogP contribution in [0.2, 0.25) is 0 Å². The minimum Gasteiger partial charge on any atom is -0.334 e. The molecule has 3 amide bonds. The molecule has 4 aromatic carbocycles. The SMILES string of the molecule is O=C(NCc1cccc2ccccc12)Nc1ccc2c(c1)CCCN2C(=O)c1ccccc1. The van der Waals surface area contributed by atoms with E-state index in [1.807, 2.05) is 77.7 Å². The molecule has 5 rings (SSSR count). The van der Waals surface area contributed by atoms with E-state index in [4.69, 9.17) is 0 Å². The minimum absolute atomic E-state index is 0.00471. The first kappa shape index (κ1) is 20.8. The molecule has 0 bridgehead atoms. The van der Waals surface area contributed by atoms with Gasteiger partial charge in [-0.25, -0.2) is 4.79 Å². The normalized spacial score (nSPS) is 12.8. The van der Waals surface area contributed by atoms with Crippen molar-refractivity contribution in [3.63, 3.8) is 0 Å². The Balaban J connectivity index is 1.27. The van der Waals surface area contributed by atoms with Gasteiger partial charge in [0.2, 0.25) is 0 Å². The van der Waals surface area contributed by atoms with Crippen molar-refractivity contribution < 1.29 is 9.59 Å². The summed E-state index contributed by atoms with van der Waals surface area (Å²) in [5.74, 6) is 0.00471. The van der Waals surface area contributed by atoms with Gasteiger partial charge in [-0.05, 0) is 65.1 Å². The summed E-state index contributed by atoms with van der Waals surface area (Å²) in [7, 11) is 0. The molecule has 164 valence electrons. The zero-order valence-electron chi connectivity index (χ0n) is 18.3. The van der Waals surface area contributed by atoms with E-state index in [1.54, 1.807) is 0 Å². The molecule has 0 saturated heterocycles. The Morgan fingerprint density at radius 2 is 1.64 bits per heavy atom. The van der Waals surface area contributed by atoms with Crippen molar-refractivity contribution >= 4 is 34.1 Å². The summed E-state index contributed by atoms with van der Waals surface area (Å²) in [5.41, 5.74) is 4.46. The van der Waals surface area contributed by atoms with E-state index in [0.717, 1.165) is 46.1 Å². The van der Waals surface area contributed by atoms with Crippen LogP contribution in [0.15, 0.2) is 91.0 Å². The Hall–Kier alpha value is -4.12. The Morgan fingerprint density at radius 3 is 2.52 bits per heavy atom. The van der Waals surface area contributed by atoms with E-state index in [2.05, 4.69) is 28.8 Å². The predicted octanol–water partition coefficient (Wildman–Crippen LogP) is 5.75. The largest absolute Gasteiger partial charge is 0.334 e. The fraction of sp³-hybridized carbons (Fsp3) is 0.143. The molecule has 1 heterocycles. The molecular formula is C28H25N3O2. The molecule has 33 heavy (non-hydrogen) atoms. The summed E-state index contributed by atoms with van der Waals surface area (Å²) in [5, 5.41) is 8.18. The summed E-state index contributed by atoms with van der Waals surface area (Å²) in [6.45, 7) is 1.14.